The van der Waals surface area contributed by atoms with Crippen molar-refractivity contribution in [3.63, 3.8) is 0 Å². The van der Waals surface area contributed by atoms with Crippen molar-refractivity contribution in [2.24, 2.45) is 0 Å². The number of nitrogens with one attached hydrogen (secondary N) is 2. The van der Waals surface area contributed by atoms with E-state index >= 15 is 0 Å². The van der Waals surface area contributed by atoms with Crippen molar-refractivity contribution in [3.8, 4) is 0 Å². The molecule has 0 aromatic rings. The summed E-state index contributed by atoms with van der Waals surface area (Å²) in [6.07, 6.45) is 9.01. The van der Waals surface area contributed by atoms with Gasteiger partial charge in [-0.15, -0.1) is 0 Å². The van der Waals surface area contributed by atoms with Gasteiger partial charge in [0.05, 0.1) is 0 Å². The second-order valence-corrected chi connectivity index (χ2v) is 6.37. The number of hydrogen-bond donors (Lipinski definition) is 2. The molecule has 0 aliphatic carbocycles. The van der Waals surface area contributed by atoms with Crippen molar-refractivity contribution in [1.82, 2.24) is 10.6 Å². The molecule has 2 nitrogen and oxygen atoms in total. The quantitative estimate of drug-likeness (QED) is 0.751. The first-order chi connectivity index (χ1) is 7.72. The Morgan fingerprint density at radius 3 is 2.88 bits per heavy atom. The Balaban J connectivity index is 2.14. The molecule has 3 heteroatoms. The van der Waals surface area contributed by atoms with Gasteiger partial charge in [-0.2, -0.15) is 11.8 Å². The van der Waals surface area contributed by atoms with Gasteiger partial charge >= 0.3 is 0 Å². The van der Waals surface area contributed by atoms with Gasteiger partial charge in [0.1, 0.15) is 0 Å². The van der Waals surface area contributed by atoms with Crippen molar-refractivity contribution in [2.75, 3.05) is 19.3 Å². The molecule has 1 heterocycles. The third-order valence-corrected chi connectivity index (χ3v) is 4.43. The summed E-state index contributed by atoms with van der Waals surface area (Å²) in [6.45, 7) is 6.96. The van der Waals surface area contributed by atoms with Crippen molar-refractivity contribution in [1.29, 1.82) is 0 Å². The molecule has 0 radical (unpaired) electrons. The second kappa shape index (κ2) is 8.37. The lowest BCUT2D eigenvalue weighted by atomic mass is 10.0. The highest BCUT2D eigenvalue weighted by Gasteiger charge is 2.14. The van der Waals surface area contributed by atoms with E-state index in [2.05, 4.69) is 30.7 Å². The van der Waals surface area contributed by atoms with Gasteiger partial charge < -0.3 is 10.6 Å². The smallest absolute Gasteiger partial charge is 0.0141 e. The molecule has 0 spiro atoms. The van der Waals surface area contributed by atoms with Crippen LogP contribution in [0.25, 0.3) is 0 Å². The molecule has 1 rings (SSSR count). The maximum absolute atomic E-state index is 3.67. The Labute approximate surface area is 105 Å². The molecule has 0 aromatic heterocycles. The molecule has 0 amide bonds. The molecule has 1 saturated heterocycles. The summed E-state index contributed by atoms with van der Waals surface area (Å²) < 4.78 is 0. The summed E-state index contributed by atoms with van der Waals surface area (Å²) in [5, 5.41) is 8.04. The first-order valence-corrected chi connectivity index (χ1v) is 8.00. The van der Waals surface area contributed by atoms with Crippen LogP contribution in [-0.4, -0.2) is 36.7 Å². The monoisotopic (exact) mass is 244 g/mol. The molecule has 1 aliphatic heterocycles. The normalized spacial score (nSPS) is 26.1. The van der Waals surface area contributed by atoms with Crippen LogP contribution in [0.3, 0.4) is 0 Å². The lowest BCUT2D eigenvalue weighted by molar-refractivity contribution is 0.405. The molecule has 1 fully saturated rings. The van der Waals surface area contributed by atoms with E-state index < -0.39 is 0 Å². The lowest BCUT2D eigenvalue weighted by Crippen LogP contribution is -2.38. The van der Waals surface area contributed by atoms with E-state index in [0.29, 0.717) is 6.04 Å². The average Bonchev–Trinajstić information content (AvgIpc) is 2.54. The molecule has 1 aliphatic rings. The van der Waals surface area contributed by atoms with Gasteiger partial charge in [0, 0.05) is 23.9 Å². The second-order valence-electron chi connectivity index (χ2n) is 5.09. The number of hydrogen-bond acceptors (Lipinski definition) is 3. The molecule has 0 saturated carbocycles. The van der Waals surface area contributed by atoms with Gasteiger partial charge in [0.15, 0.2) is 0 Å². The van der Waals surface area contributed by atoms with E-state index in [4.69, 9.17) is 0 Å². The largest absolute Gasteiger partial charge is 0.314 e. The Bertz CT molecular complexity index is 167. The van der Waals surface area contributed by atoms with Crippen LogP contribution in [0.1, 0.15) is 46.0 Å². The van der Waals surface area contributed by atoms with E-state index in [1.54, 1.807) is 0 Å². The SMILES string of the molecule is CSC(C)CNC(C)CC1CCCCCN1. The summed E-state index contributed by atoms with van der Waals surface area (Å²) in [5.41, 5.74) is 0. The zero-order valence-electron chi connectivity index (χ0n) is 11.1. The fourth-order valence-electron chi connectivity index (χ4n) is 2.26. The Hall–Kier alpha value is 0.270. The molecule has 3 atom stereocenters. The van der Waals surface area contributed by atoms with E-state index in [1.165, 1.54) is 38.6 Å². The molecule has 16 heavy (non-hydrogen) atoms. The van der Waals surface area contributed by atoms with Crippen molar-refractivity contribution >= 4 is 11.8 Å². The van der Waals surface area contributed by atoms with E-state index in [0.717, 1.165) is 17.8 Å². The van der Waals surface area contributed by atoms with Crippen molar-refractivity contribution in [3.05, 3.63) is 0 Å². The summed E-state index contributed by atoms with van der Waals surface area (Å²) >= 11 is 1.94. The van der Waals surface area contributed by atoms with Crippen molar-refractivity contribution < 1.29 is 0 Å². The predicted molar refractivity (Wildman–Crippen MR) is 75.3 cm³/mol. The first kappa shape index (κ1) is 14.3. The fourth-order valence-corrected chi connectivity index (χ4v) is 2.53. The molecular formula is C13H28N2S. The van der Waals surface area contributed by atoms with Gasteiger partial charge in [0.25, 0.3) is 0 Å². The van der Waals surface area contributed by atoms with Crippen LogP contribution >= 0.6 is 11.8 Å². The standard InChI is InChI=1S/C13H28N2S/c1-11(15-10-12(2)16-3)9-13-7-5-4-6-8-14-13/h11-15H,4-10H2,1-3H3. The van der Waals surface area contributed by atoms with E-state index in [1.807, 2.05) is 11.8 Å². The minimum absolute atomic E-state index is 0.644. The third kappa shape index (κ3) is 6.12. The number of rotatable bonds is 6. The Kier molecular flexibility index (Phi) is 7.50. The minimum Gasteiger partial charge on any atom is -0.314 e. The minimum atomic E-state index is 0.644. The molecule has 0 bridgehead atoms. The predicted octanol–water partition coefficient (Wildman–Crippen LogP) is 2.64. The van der Waals surface area contributed by atoms with E-state index in [9.17, 15) is 0 Å². The Morgan fingerprint density at radius 2 is 2.12 bits per heavy atom. The molecule has 2 N–H and O–H groups in total. The molecule has 3 unspecified atom stereocenters. The van der Waals surface area contributed by atoms with Gasteiger partial charge in [0.2, 0.25) is 0 Å². The molecule has 96 valence electrons. The van der Waals surface area contributed by atoms with Crippen LogP contribution in [0.15, 0.2) is 0 Å². The maximum Gasteiger partial charge on any atom is 0.0141 e. The van der Waals surface area contributed by atoms with Gasteiger partial charge in [-0.3, -0.25) is 0 Å². The molecule has 0 aromatic carbocycles. The van der Waals surface area contributed by atoms with Gasteiger partial charge in [-0.1, -0.05) is 19.8 Å². The van der Waals surface area contributed by atoms with Crippen LogP contribution in [0.2, 0.25) is 0 Å². The van der Waals surface area contributed by atoms with E-state index in [-0.39, 0.29) is 0 Å². The van der Waals surface area contributed by atoms with Crippen LogP contribution in [-0.2, 0) is 0 Å². The summed E-state index contributed by atoms with van der Waals surface area (Å²) in [6, 6.07) is 1.39. The topological polar surface area (TPSA) is 24.1 Å². The Morgan fingerprint density at radius 1 is 1.31 bits per heavy atom. The van der Waals surface area contributed by atoms with Gasteiger partial charge in [-0.05, 0) is 39.0 Å². The highest BCUT2D eigenvalue weighted by atomic mass is 32.2. The zero-order valence-corrected chi connectivity index (χ0v) is 11.9. The highest BCUT2D eigenvalue weighted by molar-refractivity contribution is 7.99. The highest BCUT2D eigenvalue weighted by Crippen LogP contribution is 2.13. The summed E-state index contributed by atoms with van der Waals surface area (Å²) in [7, 11) is 0. The average molecular weight is 244 g/mol. The van der Waals surface area contributed by atoms with Crippen molar-refractivity contribution in [2.45, 2.75) is 63.3 Å². The van der Waals surface area contributed by atoms with Crippen LogP contribution in [0.5, 0.6) is 0 Å². The molecular weight excluding hydrogens is 216 g/mol. The lowest BCUT2D eigenvalue weighted by Gasteiger charge is -2.22. The summed E-state index contributed by atoms with van der Waals surface area (Å²) in [4.78, 5) is 0. The van der Waals surface area contributed by atoms with Crippen LogP contribution < -0.4 is 10.6 Å². The first-order valence-electron chi connectivity index (χ1n) is 6.72. The maximum atomic E-state index is 3.67. The fraction of sp³-hybridized carbons (Fsp3) is 1.00. The summed E-state index contributed by atoms with van der Waals surface area (Å²) in [5.74, 6) is 0. The van der Waals surface area contributed by atoms with Gasteiger partial charge in [-0.25, -0.2) is 0 Å². The van der Waals surface area contributed by atoms with Crippen LogP contribution in [0.4, 0.5) is 0 Å². The third-order valence-electron chi connectivity index (χ3n) is 3.46. The number of thioether (sulfide) groups is 1. The zero-order chi connectivity index (χ0) is 11.8. The van der Waals surface area contributed by atoms with Crippen LogP contribution in [0, 0.1) is 0 Å².